The molecule has 0 bridgehead atoms. The molecule has 18 heavy (non-hydrogen) atoms. The van der Waals surface area contributed by atoms with Gasteiger partial charge in [0, 0.05) is 38.0 Å². The Kier molecular flexibility index (Phi) is 2.29. The highest BCUT2D eigenvalue weighted by Crippen LogP contribution is 2.54. The molecule has 1 aromatic heterocycles. The number of nitrogens with two attached hydrogens (primary N) is 1. The Bertz CT molecular complexity index is 593. The lowest BCUT2D eigenvalue weighted by molar-refractivity contribution is -0.123. The van der Waals surface area contributed by atoms with Crippen LogP contribution < -0.4 is 5.73 Å². The van der Waals surface area contributed by atoms with Gasteiger partial charge in [0.25, 0.3) is 0 Å². The third-order valence-corrected chi connectivity index (χ3v) is 4.05. The fourth-order valence-corrected chi connectivity index (χ4v) is 3.17. The molecular weight excluding hydrogens is 234 g/mol. The first kappa shape index (κ1) is 11.7. The number of para-hydroxylation sites is 1. The quantitative estimate of drug-likeness (QED) is 0.873. The third kappa shape index (κ3) is 1.48. The Morgan fingerprint density at radius 2 is 2.00 bits per heavy atom. The molecule has 2 nitrogen and oxygen atoms in total. The maximum Gasteiger partial charge on any atom is 0.250 e. The number of fused-ring (bicyclic) bond motifs is 1. The predicted octanol–water partition coefficient (Wildman–Crippen LogP) is 2.80. The molecule has 1 saturated carbocycles. The van der Waals surface area contributed by atoms with E-state index in [0.29, 0.717) is 0 Å². The van der Waals surface area contributed by atoms with Gasteiger partial charge in [-0.05, 0) is 17.0 Å². The summed E-state index contributed by atoms with van der Waals surface area (Å²) in [5.74, 6) is -2.56. The lowest BCUT2D eigenvalue weighted by Crippen LogP contribution is -2.53. The lowest BCUT2D eigenvalue weighted by Gasteiger charge is -2.47. The van der Waals surface area contributed by atoms with Gasteiger partial charge in [0.1, 0.15) is 0 Å². The minimum absolute atomic E-state index is 0.138. The average Bonchev–Trinajstić information content (AvgIpc) is 2.68. The van der Waals surface area contributed by atoms with Crippen LogP contribution in [0.5, 0.6) is 0 Å². The van der Waals surface area contributed by atoms with E-state index in [1.54, 1.807) is 0 Å². The molecule has 1 aliphatic rings. The van der Waals surface area contributed by atoms with E-state index in [0.717, 1.165) is 16.5 Å². The van der Waals surface area contributed by atoms with Crippen molar-refractivity contribution < 1.29 is 8.78 Å². The summed E-state index contributed by atoms with van der Waals surface area (Å²) in [5.41, 5.74) is 7.21. The second-order valence-electron chi connectivity index (χ2n) is 5.36. The molecule has 0 atom stereocenters. The maximum absolute atomic E-state index is 13.3. The van der Waals surface area contributed by atoms with E-state index in [4.69, 9.17) is 5.73 Å². The van der Waals surface area contributed by atoms with E-state index in [-0.39, 0.29) is 19.4 Å². The van der Waals surface area contributed by atoms with Gasteiger partial charge in [-0.1, -0.05) is 18.2 Å². The van der Waals surface area contributed by atoms with Gasteiger partial charge in [0.2, 0.25) is 5.92 Å². The molecule has 1 aromatic carbocycles. The molecule has 96 valence electrons. The Morgan fingerprint density at radius 3 is 2.61 bits per heavy atom. The van der Waals surface area contributed by atoms with Gasteiger partial charge in [0.05, 0.1) is 5.52 Å². The second kappa shape index (κ2) is 3.54. The molecule has 3 rings (SSSR count). The van der Waals surface area contributed by atoms with Gasteiger partial charge < -0.3 is 10.3 Å². The number of rotatable bonds is 2. The van der Waals surface area contributed by atoms with E-state index >= 15 is 0 Å². The van der Waals surface area contributed by atoms with Gasteiger partial charge >= 0.3 is 0 Å². The summed E-state index contributed by atoms with van der Waals surface area (Å²) >= 11 is 0. The fraction of sp³-hybridized carbons (Fsp3) is 0.429. The number of halogens is 2. The zero-order chi connectivity index (χ0) is 13.0. The summed E-state index contributed by atoms with van der Waals surface area (Å²) in [6.07, 6.45) is 1.68. The third-order valence-electron chi connectivity index (χ3n) is 4.05. The predicted molar refractivity (Wildman–Crippen MR) is 67.8 cm³/mol. The van der Waals surface area contributed by atoms with Crippen LogP contribution in [-0.2, 0) is 12.5 Å². The molecule has 0 aliphatic heterocycles. The van der Waals surface area contributed by atoms with Gasteiger partial charge in [-0.2, -0.15) is 0 Å². The molecule has 0 unspecified atom stereocenters. The Balaban J connectivity index is 2.17. The molecule has 1 fully saturated rings. The highest BCUT2D eigenvalue weighted by molar-refractivity contribution is 5.84. The summed E-state index contributed by atoms with van der Waals surface area (Å²) < 4.78 is 28.5. The summed E-state index contributed by atoms with van der Waals surface area (Å²) in [6, 6.07) is 7.86. The number of aromatic nitrogens is 1. The highest BCUT2D eigenvalue weighted by Gasteiger charge is 2.57. The van der Waals surface area contributed by atoms with Crippen LogP contribution in [0.3, 0.4) is 0 Å². The van der Waals surface area contributed by atoms with Crippen LogP contribution in [0.1, 0.15) is 18.4 Å². The number of nitrogens with zero attached hydrogens (tertiary/aromatic N) is 1. The molecule has 4 heteroatoms. The Labute approximate surface area is 104 Å². The topological polar surface area (TPSA) is 30.9 Å². The zero-order valence-electron chi connectivity index (χ0n) is 10.3. The SMILES string of the molecule is Cn1ccc2cccc(C3(CN)CC(F)(F)C3)c21. The van der Waals surface area contributed by atoms with E-state index in [1.807, 2.05) is 42.1 Å². The van der Waals surface area contributed by atoms with Crippen LogP contribution in [-0.4, -0.2) is 17.0 Å². The van der Waals surface area contributed by atoms with Crippen LogP contribution >= 0.6 is 0 Å². The first-order chi connectivity index (χ1) is 8.47. The average molecular weight is 250 g/mol. The largest absolute Gasteiger partial charge is 0.350 e. The normalized spacial score (nSPS) is 20.9. The molecule has 2 N–H and O–H groups in total. The van der Waals surface area contributed by atoms with Crippen molar-refractivity contribution in [2.75, 3.05) is 6.54 Å². The monoisotopic (exact) mass is 250 g/mol. The summed E-state index contributed by atoms with van der Waals surface area (Å²) in [6.45, 7) is 0.271. The standard InChI is InChI=1S/C14H16F2N2/c1-18-6-5-10-3-2-4-11(12(10)18)13(9-17)7-14(15,16)8-13/h2-6H,7-9,17H2,1H3. The van der Waals surface area contributed by atoms with Crippen molar-refractivity contribution in [1.82, 2.24) is 4.57 Å². The van der Waals surface area contributed by atoms with Crippen LogP contribution in [0.4, 0.5) is 8.78 Å². The first-order valence-corrected chi connectivity index (χ1v) is 6.10. The number of aryl methyl sites for hydroxylation is 1. The van der Waals surface area contributed by atoms with Gasteiger partial charge in [-0.25, -0.2) is 8.78 Å². The van der Waals surface area contributed by atoms with Crippen molar-refractivity contribution >= 4 is 10.9 Å². The smallest absolute Gasteiger partial charge is 0.250 e. The molecule has 0 amide bonds. The number of benzene rings is 1. The molecule has 1 heterocycles. The van der Waals surface area contributed by atoms with Crippen molar-refractivity contribution in [2.24, 2.45) is 12.8 Å². The summed E-state index contributed by atoms with van der Waals surface area (Å²) in [5, 5.41) is 1.08. The number of alkyl halides is 2. The van der Waals surface area contributed by atoms with Crippen molar-refractivity contribution in [3.8, 4) is 0 Å². The van der Waals surface area contributed by atoms with Crippen LogP contribution in [0, 0.1) is 0 Å². The minimum Gasteiger partial charge on any atom is -0.350 e. The molecule has 1 aliphatic carbocycles. The number of hydrogen-bond donors (Lipinski definition) is 1. The van der Waals surface area contributed by atoms with Gasteiger partial charge in [-0.3, -0.25) is 0 Å². The molecule has 0 spiro atoms. The first-order valence-electron chi connectivity index (χ1n) is 6.10. The van der Waals surface area contributed by atoms with Crippen LogP contribution in [0.2, 0.25) is 0 Å². The van der Waals surface area contributed by atoms with Crippen molar-refractivity contribution in [3.05, 3.63) is 36.0 Å². The van der Waals surface area contributed by atoms with E-state index < -0.39 is 11.3 Å². The molecule has 0 saturated heterocycles. The Hall–Kier alpha value is -1.42. The van der Waals surface area contributed by atoms with E-state index in [2.05, 4.69) is 0 Å². The van der Waals surface area contributed by atoms with Crippen LogP contribution in [0.15, 0.2) is 30.5 Å². The molecule has 2 aromatic rings. The van der Waals surface area contributed by atoms with Crippen molar-refractivity contribution in [2.45, 2.75) is 24.2 Å². The van der Waals surface area contributed by atoms with E-state index in [9.17, 15) is 8.78 Å². The molecular formula is C14H16F2N2. The second-order valence-corrected chi connectivity index (χ2v) is 5.36. The van der Waals surface area contributed by atoms with E-state index in [1.165, 1.54) is 0 Å². The van der Waals surface area contributed by atoms with Crippen molar-refractivity contribution in [1.29, 1.82) is 0 Å². The minimum atomic E-state index is -2.56. The summed E-state index contributed by atoms with van der Waals surface area (Å²) in [7, 11) is 1.94. The number of hydrogen-bond acceptors (Lipinski definition) is 1. The van der Waals surface area contributed by atoms with Crippen LogP contribution in [0.25, 0.3) is 10.9 Å². The van der Waals surface area contributed by atoms with Gasteiger partial charge in [0.15, 0.2) is 0 Å². The summed E-state index contributed by atoms with van der Waals surface area (Å²) in [4.78, 5) is 0. The zero-order valence-corrected chi connectivity index (χ0v) is 10.3. The van der Waals surface area contributed by atoms with Crippen molar-refractivity contribution in [3.63, 3.8) is 0 Å². The lowest BCUT2D eigenvalue weighted by atomic mass is 9.61. The van der Waals surface area contributed by atoms with Gasteiger partial charge in [-0.15, -0.1) is 0 Å². The Morgan fingerprint density at radius 1 is 1.28 bits per heavy atom. The maximum atomic E-state index is 13.3. The highest BCUT2D eigenvalue weighted by atomic mass is 19.3. The molecule has 0 radical (unpaired) electrons. The fourth-order valence-electron chi connectivity index (χ4n) is 3.17.